The molecule has 1 aromatic rings. The molecule has 1 aliphatic rings. The van der Waals surface area contributed by atoms with Crippen molar-refractivity contribution in [2.24, 2.45) is 0 Å². The molecule has 18 heavy (non-hydrogen) atoms. The van der Waals surface area contributed by atoms with Gasteiger partial charge in [-0.25, -0.2) is 4.39 Å². The van der Waals surface area contributed by atoms with E-state index in [0.717, 1.165) is 36.9 Å². The van der Waals surface area contributed by atoms with Gasteiger partial charge < -0.3 is 5.32 Å². The summed E-state index contributed by atoms with van der Waals surface area (Å²) in [4.78, 5) is 0. The highest BCUT2D eigenvalue weighted by Gasteiger charge is 2.33. The van der Waals surface area contributed by atoms with Crippen LogP contribution in [0.25, 0.3) is 0 Å². The fourth-order valence-electron chi connectivity index (χ4n) is 3.16. The molecule has 1 N–H and O–H groups in total. The average Bonchev–Trinajstić information content (AvgIpc) is 2.59. The quantitative estimate of drug-likeness (QED) is 0.842. The molecule has 1 aliphatic heterocycles. The molecule has 1 nitrogen and oxygen atoms in total. The van der Waals surface area contributed by atoms with E-state index >= 15 is 0 Å². The van der Waals surface area contributed by atoms with Gasteiger partial charge in [0.25, 0.3) is 0 Å². The third-order valence-electron chi connectivity index (χ3n) is 4.06. The van der Waals surface area contributed by atoms with Gasteiger partial charge in [0.1, 0.15) is 5.82 Å². The summed E-state index contributed by atoms with van der Waals surface area (Å²) in [6.07, 6.45) is 6.82. The fraction of sp³-hybridized carbons (Fsp3) is 0.625. The Bertz CT molecular complexity index is 392. The molecule has 2 heteroatoms. The van der Waals surface area contributed by atoms with Crippen LogP contribution in [-0.2, 0) is 5.54 Å². The first-order valence-electron chi connectivity index (χ1n) is 7.19. The van der Waals surface area contributed by atoms with Gasteiger partial charge in [-0.05, 0) is 38.8 Å². The minimum Gasteiger partial charge on any atom is -0.307 e. The van der Waals surface area contributed by atoms with Crippen LogP contribution in [0.2, 0.25) is 0 Å². The Balaban J connectivity index is 2.41. The maximum absolute atomic E-state index is 14.2. The first-order chi connectivity index (χ1) is 8.68. The van der Waals surface area contributed by atoms with Crippen molar-refractivity contribution >= 4 is 0 Å². The third kappa shape index (κ3) is 2.74. The second kappa shape index (κ2) is 5.83. The van der Waals surface area contributed by atoms with Crippen LogP contribution in [-0.4, -0.2) is 6.54 Å². The van der Waals surface area contributed by atoms with Crippen LogP contribution in [0.4, 0.5) is 4.39 Å². The number of hydrogen-bond acceptors (Lipinski definition) is 1. The minimum atomic E-state index is -0.138. The molecule has 1 unspecified atom stereocenters. The van der Waals surface area contributed by atoms with Crippen molar-refractivity contribution in [2.75, 3.05) is 6.54 Å². The van der Waals surface area contributed by atoms with Crippen molar-refractivity contribution in [3.05, 3.63) is 35.1 Å². The molecular formula is C16H24FN. The second-order valence-electron chi connectivity index (χ2n) is 5.55. The van der Waals surface area contributed by atoms with E-state index in [1.54, 1.807) is 6.07 Å². The zero-order chi connectivity index (χ0) is 13.0. The molecule has 0 aromatic heterocycles. The van der Waals surface area contributed by atoms with Crippen LogP contribution >= 0.6 is 0 Å². The van der Waals surface area contributed by atoms with Gasteiger partial charge in [0.2, 0.25) is 0 Å². The van der Waals surface area contributed by atoms with Gasteiger partial charge >= 0.3 is 0 Å². The molecule has 1 fully saturated rings. The summed E-state index contributed by atoms with van der Waals surface area (Å²) in [5.74, 6) is -0.0524. The third-order valence-corrected chi connectivity index (χ3v) is 4.06. The van der Waals surface area contributed by atoms with E-state index < -0.39 is 0 Å². The largest absolute Gasteiger partial charge is 0.307 e. The van der Waals surface area contributed by atoms with Gasteiger partial charge in [-0.2, -0.15) is 0 Å². The van der Waals surface area contributed by atoms with Crippen LogP contribution < -0.4 is 5.32 Å². The Labute approximate surface area is 110 Å². The summed E-state index contributed by atoms with van der Waals surface area (Å²) in [7, 11) is 0. The highest BCUT2D eigenvalue weighted by atomic mass is 19.1. The summed E-state index contributed by atoms with van der Waals surface area (Å²) in [6.45, 7) is 5.23. The van der Waals surface area contributed by atoms with Gasteiger partial charge in [-0.15, -0.1) is 0 Å². The molecule has 1 aromatic carbocycles. The van der Waals surface area contributed by atoms with Crippen LogP contribution in [0.1, 0.15) is 56.6 Å². The normalized spacial score (nSPS) is 24.8. The Hall–Kier alpha value is -0.890. The van der Waals surface area contributed by atoms with Crippen molar-refractivity contribution < 1.29 is 4.39 Å². The van der Waals surface area contributed by atoms with E-state index in [-0.39, 0.29) is 11.4 Å². The summed E-state index contributed by atoms with van der Waals surface area (Å²) >= 11 is 0. The minimum absolute atomic E-state index is 0.0524. The fourth-order valence-corrected chi connectivity index (χ4v) is 3.16. The SMILES string of the molecule is CCCC1(c2cc(C)ccc2F)CCCCCN1. The Morgan fingerprint density at radius 3 is 2.89 bits per heavy atom. The highest BCUT2D eigenvalue weighted by Crippen LogP contribution is 2.36. The van der Waals surface area contributed by atoms with Crippen molar-refractivity contribution in [3.8, 4) is 0 Å². The smallest absolute Gasteiger partial charge is 0.128 e. The number of rotatable bonds is 3. The van der Waals surface area contributed by atoms with Crippen molar-refractivity contribution in [1.29, 1.82) is 0 Å². The number of nitrogens with one attached hydrogen (secondary N) is 1. The van der Waals surface area contributed by atoms with E-state index in [1.807, 2.05) is 19.1 Å². The molecule has 0 bridgehead atoms. The lowest BCUT2D eigenvalue weighted by atomic mass is 9.81. The first kappa shape index (κ1) is 13.5. The van der Waals surface area contributed by atoms with Gasteiger partial charge in [0.15, 0.2) is 0 Å². The lowest BCUT2D eigenvalue weighted by molar-refractivity contribution is 0.286. The predicted octanol–water partition coefficient (Wildman–Crippen LogP) is 4.29. The van der Waals surface area contributed by atoms with Gasteiger partial charge in [0.05, 0.1) is 0 Å². The molecule has 0 saturated carbocycles. The molecule has 0 amide bonds. The molecule has 2 rings (SSSR count). The van der Waals surface area contributed by atoms with Gasteiger partial charge in [-0.3, -0.25) is 0 Å². The predicted molar refractivity (Wildman–Crippen MR) is 74.2 cm³/mol. The van der Waals surface area contributed by atoms with Gasteiger partial charge in [0, 0.05) is 11.1 Å². The standard InChI is InChI=1S/C16H24FN/c1-3-9-16(10-5-4-6-11-18-16)14-12-13(2)7-8-15(14)17/h7-8,12,18H,3-6,9-11H2,1-2H3. The van der Waals surface area contributed by atoms with Crippen LogP contribution in [0.15, 0.2) is 18.2 Å². The molecule has 1 saturated heterocycles. The van der Waals surface area contributed by atoms with Crippen molar-refractivity contribution in [1.82, 2.24) is 5.32 Å². The maximum atomic E-state index is 14.2. The number of aryl methyl sites for hydroxylation is 1. The summed E-state index contributed by atoms with van der Waals surface area (Å²) in [5.41, 5.74) is 1.89. The average molecular weight is 249 g/mol. The lowest BCUT2D eigenvalue weighted by Gasteiger charge is -2.35. The number of hydrogen-bond donors (Lipinski definition) is 1. The van der Waals surface area contributed by atoms with E-state index in [1.165, 1.54) is 19.3 Å². The van der Waals surface area contributed by atoms with Crippen molar-refractivity contribution in [3.63, 3.8) is 0 Å². The molecule has 1 heterocycles. The van der Waals surface area contributed by atoms with Gasteiger partial charge in [-0.1, -0.05) is 43.9 Å². The maximum Gasteiger partial charge on any atom is 0.128 e. The zero-order valence-corrected chi connectivity index (χ0v) is 11.6. The summed E-state index contributed by atoms with van der Waals surface area (Å²) in [6, 6.07) is 5.51. The molecule has 1 atom stereocenters. The van der Waals surface area contributed by atoms with E-state index in [9.17, 15) is 4.39 Å². The molecule has 0 spiro atoms. The Kier molecular flexibility index (Phi) is 4.39. The molecule has 0 aliphatic carbocycles. The first-order valence-corrected chi connectivity index (χ1v) is 7.19. The van der Waals surface area contributed by atoms with Crippen LogP contribution in [0.3, 0.4) is 0 Å². The Morgan fingerprint density at radius 2 is 2.11 bits per heavy atom. The van der Waals surface area contributed by atoms with E-state index in [0.29, 0.717) is 0 Å². The lowest BCUT2D eigenvalue weighted by Crippen LogP contribution is -2.42. The van der Waals surface area contributed by atoms with Crippen LogP contribution in [0, 0.1) is 12.7 Å². The second-order valence-corrected chi connectivity index (χ2v) is 5.55. The van der Waals surface area contributed by atoms with E-state index in [4.69, 9.17) is 0 Å². The topological polar surface area (TPSA) is 12.0 Å². The van der Waals surface area contributed by atoms with Crippen LogP contribution in [0.5, 0.6) is 0 Å². The highest BCUT2D eigenvalue weighted by molar-refractivity contribution is 5.31. The summed E-state index contributed by atoms with van der Waals surface area (Å²) < 4.78 is 14.2. The number of halogens is 1. The molecule has 0 radical (unpaired) electrons. The Morgan fingerprint density at radius 1 is 1.28 bits per heavy atom. The van der Waals surface area contributed by atoms with Crippen molar-refractivity contribution in [2.45, 2.75) is 57.9 Å². The number of benzene rings is 1. The monoisotopic (exact) mass is 249 g/mol. The molecular weight excluding hydrogens is 225 g/mol. The molecule has 100 valence electrons. The van der Waals surface area contributed by atoms with E-state index in [2.05, 4.69) is 12.2 Å². The summed E-state index contributed by atoms with van der Waals surface area (Å²) in [5, 5.41) is 3.64. The zero-order valence-electron chi connectivity index (χ0n) is 11.6.